The molecule has 2 unspecified atom stereocenters. The van der Waals surface area contributed by atoms with Crippen LogP contribution >= 0.6 is 0 Å². The van der Waals surface area contributed by atoms with E-state index in [2.05, 4.69) is 17.4 Å². The van der Waals surface area contributed by atoms with Gasteiger partial charge in [0.1, 0.15) is 6.04 Å². The molecule has 0 spiro atoms. The van der Waals surface area contributed by atoms with Crippen molar-refractivity contribution in [3.63, 3.8) is 0 Å². The fourth-order valence-corrected chi connectivity index (χ4v) is 3.76. The maximum absolute atomic E-state index is 13.3. The van der Waals surface area contributed by atoms with Crippen molar-refractivity contribution < 1.29 is 9.59 Å². The molecule has 1 fully saturated rings. The van der Waals surface area contributed by atoms with Crippen molar-refractivity contribution in [2.45, 2.75) is 38.3 Å². The van der Waals surface area contributed by atoms with E-state index in [-0.39, 0.29) is 29.7 Å². The first-order valence-corrected chi connectivity index (χ1v) is 9.96. The molecule has 1 aliphatic heterocycles. The highest BCUT2D eigenvalue weighted by Gasteiger charge is 2.38. The van der Waals surface area contributed by atoms with Crippen molar-refractivity contribution in [2.24, 2.45) is 11.7 Å². The zero-order chi connectivity index (χ0) is 20.1. The summed E-state index contributed by atoms with van der Waals surface area (Å²) in [5, 5.41) is 2.96. The summed E-state index contributed by atoms with van der Waals surface area (Å²) in [6, 6.07) is 18.4. The Hall–Kier alpha value is -2.66. The van der Waals surface area contributed by atoms with Crippen LogP contribution in [0, 0.1) is 5.92 Å². The van der Waals surface area contributed by atoms with Crippen molar-refractivity contribution in [1.29, 1.82) is 0 Å². The molecule has 2 amide bonds. The first-order chi connectivity index (χ1) is 13.5. The maximum atomic E-state index is 13.3. The van der Waals surface area contributed by atoms with E-state index in [1.807, 2.05) is 55.1 Å². The van der Waals surface area contributed by atoms with Gasteiger partial charge in [-0.1, -0.05) is 68.8 Å². The molecular weight excluding hydrogens is 350 g/mol. The van der Waals surface area contributed by atoms with Gasteiger partial charge in [-0.25, -0.2) is 0 Å². The first-order valence-electron chi connectivity index (χ1n) is 9.96. The summed E-state index contributed by atoms with van der Waals surface area (Å²) < 4.78 is 0. The minimum absolute atomic E-state index is 0.0344. The van der Waals surface area contributed by atoms with E-state index in [4.69, 9.17) is 5.73 Å². The molecule has 1 saturated heterocycles. The fourth-order valence-electron chi connectivity index (χ4n) is 3.76. The Labute approximate surface area is 166 Å². The maximum Gasteiger partial charge on any atom is 0.251 e. The summed E-state index contributed by atoms with van der Waals surface area (Å²) >= 11 is 0. The summed E-state index contributed by atoms with van der Waals surface area (Å²) in [5.74, 6) is -0.116. The number of hydrogen-bond donors (Lipinski definition) is 2. The van der Waals surface area contributed by atoms with Crippen LogP contribution in [0.1, 0.15) is 42.1 Å². The van der Waals surface area contributed by atoms with Crippen molar-refractivity contribution >= 4 is 11.8 Å². The van der Waals surface area contributed by atoms with Crippen LogP contribution < -0.4 is 11.1 Å². The summed E-state index contributed by atoms with van der Waals surface area (Å²) in [6.07, 6.45) is 0.799. The second-order valence-electron chi connectivity index (χ2n) is 7.63. The van der Waals surface area contributed by atoms with Crippen LogP contribution in [0.5, 0.6) is 0 Å². The number of hydrogen-bond acceptors (Lipinski definition) is 3. The molecule has 2 aromatic carbocycles. The van der Waals surface area contributed by atoms with E-state index in [0.717, 1.165) is 12.0 Å². The highest BCUT2D eigenvalue weighted by atomic mass is 16.2. The Morgan fingerprint density at radius 3 is 2.29 bits per heavy atom. The number of benzene rings is 2. The third kappa shape index (κ3) is 4.42. The first kappa shape index (κ1) is 20.1. The van der Waals surface area contributed by atoms with Gasteiger partial charge in [0.15, 0.2) is 0 Å². The molecule has 3 rings (SSSR count). The molecule has 5 heteroatoms. The minimum Gasteiger partial charge on any atom is -0.340 e. The molecule has 0 bridgehead atoms. The molecule has 5 nitrogen and oxygen atoms in total. The molecule has 0 radical (unpaired) electrons. The van der Waals surface area contributed by atoms with Crippen LogP contribution in [0.2, 0.25) is 0 Å². The van der Waals surface area contributed by atoms with E-state index in [1.54, 1.807) is 12.1 Å². The molecule has 1 heterocycles. The summed E-state index contributed by atoms with van der Waals surface area (Å²) in [7, 11) is 0. The van der Waals surface area contributed by atoms with Gasteiger partial charge in [-0.3, -0.25) is 9.59 Å². The highest BCUT2D eigenvalue weighted by Crippen LogP contribution is 2.27. The van der Waals surface area contributed by atoms with E-state index >= 15 is 0 Å². The Kier molecular flexibility index (Phi) is 6.47. The molecule has 2 aromatic rings. The Morgan fingerprint density at radius 2 is 1.68 bits per heavy atom. The topological polar surface area (TPSA) is 75.4 Å². The highest BCUT2D eigenvalue weighted by molar-refractivity contribution is 5.97. The van der Waals surface area contributed by atoms with Crippen LogP contribution in [-0.4, -0.2) is 41.9 Å². The monoisotopic (exact) mass is 379 g/mol. The second kappa shape index (κ2) is 9.02. The lowest BCUT2D eigenvalue weighted by atomic mass is 9.95. The number of nitrogens with two attached hydrogens (primary N) is 1. The molecule has 0 saturated carbocycles. The smallest absolute Gasteiger partial charge is 0.251 e. The van der Waals surface area contributed by atoms with Gasteiger partial charge in [-0.2, -0.15) is 0 Å². The van der Waals surface area contributed by atoms with Crippen molar-refractivity contribution in [2.75, 3.05) is 13.1 Å². The third-order valence-electron chi connectivity index (χ3n) is 5.71. The average molecular weight is 380 g/mol. The molecular formula is C23H29N3O2. The predicted molar refractivity (Wildman–Crippen MR) is 111 cm³/mol. The van der Waals surface area contributed by atoms with Crippen LogP contribution in [0.4, 0.5) is 0 Å². The molecule has 1 aliphatic rings. The second-order valence-corrected chi connectivity index (χ2v) is 7.63. The lowest BCUT2D eigenvalue weighted by molar-refractivity contribution is -0.133. The number of carbonyl (C=O) groups excluding carboxylic acids is 2. The van der Waals surface area contributed by atoms with Gasteiger partial charge < -0.3 is 16.0 Å². The number of carbonyl (C=O) groups is 2. The van der Waals surface area contributed by atoms with Gasteiger partial charge in [0.25, 0.3) is 5.91 Å². The van der Waals surface area contributed by atoms with Crippen molar-refractivity contribution in [1.82, 2.24) is 10.2 Å². The fraction of sp³-hybridized carbons (Fsp3) is 0.391. The van der Waals surface area contributed by atoms with E-state index in [1.165, 1.54) is 0 Å². The van der Waals surface area contributed by atoms with Crippen LogP contribution in [-0.2, 0) is 4.79 Å². The third-order valence-corrected chi connectivity index (χ3v) is 5.71. The van der Waals surface area contributed by atoms with Crippen LogP contribution in [0.3, 0.4) is 0 Å². The Balaban J connectivity index is 1.74. The summed E-state index contributed by atoms with van der Waals surface area (Å²) in [4.78, 5) is 27.7. The summed E-state index contributed by atoms with van der Waals surface area (Å²) in [6.45, 7) is 5.12. The number of nitrogens with zero attached hydrogens (tertiary/aromatic N) is 1. The Bertz CT molecular complexity index is 794. The zero-order valence-electron chi connectivity index (χ0n) is 16.5. The number of nitrogens with one attached hydrogen (secondary N) is 1. The van der Waals surface area contributed by atoms with Gasteiger partial charge in [-0.05, 0) is 23.6 Å². The van der Waals surface area contributed by atoms with Crippen LogP contribution in [0.25, 0.3) is 0 Å². The molecule has 148 valence electrons. The average Bonchev–Trinajstić information content (AvgIpc) is 3.13. The predicted octanol–water partition coefficient (Wildman–Crippen LogP) is 2.78. The zero-order valence-corrected chi connectivity index (χ0v) is 16.5. The van der Waals surface area contributed by atoms with E-state index < -0.39 is 6.04 Å². The standard InChI is InChI=1S/C23H29N3O2/c1-3-16(2)21(25-22(27)18-12-8-5-9-13-18)23(28)26-14-19(20(24)15-26)17-10-6-4-7-11-17/h4-13,16,19-21H,3,14-15,24H2,1-2H3,(H,25,27)/t16?,19-,20+,21?/m0/s1. The minimum atomic E-state index is -0.556. The van der Waals surface area contributed by atoms with E-state index in [0.29, 0.717) is 18.7 Å². The van der Waals surface area contributed by atoms with E-state index in [9.17, 15) is 9.59 Å². The van der Waals surface area contributed by atoms with Gasteiger partial charge in [0.2, 0.25) is 5.91 Å². The number of amides is 2. The van der Waals surface area contributed by atoms with Gasteiger partial charge in [0.05, 0.1) is 0 Å². The van der Waals surface area contributed by atoms with Crippen LogP contribution in [0.15, 0.2) is 60.7 Å². The Morgan fingerprint density at radius 1 is 1.07 bits per heavy atom. The van der Waals surface area contributed by atoms with Gasteiger partial charge in [0, 0.05) is 30.6 Å². The molecule has 0 aliphatic carbocycles. The van der Waals surface area contributed by atoms with Crippen molar-refractivity contribution in [3.05, 3.63) is 71.8 Å². The summed E-state index contributed by atoms with van der Waals surface area (Å²) in [5.41, 5.74) is 8.07. The normalized spacial score (nSPS) is 21.2. The lowest BCUT2D eigenvalue weighted by Crippen LogP contribution is -2.51. The SMILES string of the molecule is CCC(C)C(NC(=O)c1ccccc1)C(=O)N1C[C@@H](N)[C@H](c2ccccc2)C1. The van der Waals surface area contributed by atoms with Crippen molar-refractivity contribution in [3.8, 4) is 0 Å². The van der Waals surface area contributed by atoms with Gasteiger partial charge >= 0.3 is 0 Å². The number of rotatable bonds is 6. The molecule has 28 heavy (non-hydrogen) atoms. The molecule has 0 aromatic heterocycles. The number of likely N-dealkylation sites (tertiary alicyclic amines) is 1. The van der Waals surface area contributed by atoms with Gasteiger partial charge in [-0.15, -0.1) is 0 Å². The quantitative estimate of drug-likeness (QED) is 0.810. The molecule has 3 N–H and O–H groups in total. The largest absolute Gasteiger partial charge is 0.340 e. The lowest BCUT2D eigenvalue weighted by Gasteiger charge is -2.28. The molecule has 4 atom stereocenters.